The molecule has 0 atom stereocenters. The van der Waals surface area contributed by atoms with Gasteiger partial charge in [-0.1, -0.05) is 0 Å². The first-order valence-electron chi connectivity index (χ1n) is 4.25. The molecular formula is C10H14N2O. The molecule has 0 unspecified atom stereocenters. The molecule has 1 N–H and O–H groups in total. The summed E-state index contributed by atoms with van der Waals surface area (Å²) in [4.78, 5) is 0. The van der Waals surface area contributed by atoms with Crippen LogP contribution in [0.2, 0.25) is 0 Å². The molecule has 0 spiro atoms. The van der Waals surface area contributed by atoms with E-state index in [4.69, 9.17) is 9.68 Å². The second-order valence-corrected chi connectivity index (χ2v) is 3.60. The Labute approximate surface area is 78.4 Å². The molecule has 3 nitrogen and oxygen atoms in total. The van der Waals surface area contributed by atoms with Crippen LogP contribution >= 0.6 is 0 Å². The lowest BCUT2D eigenvalue weighted by Gasteiger charge is -2.15. The van der Waals surface area contributed by atoms with Crippen LogP contribution in [0.3, 0.4) is 0 Å². The van der Waals surface area contributed by atoms with Gasteiger partial charge in [-0.25, -0.2) is 0 Å². The topological polar surface area (TPSA) is 49.0 Å². The van der Waals surface area contributed by atoms with Gasteiger partial charge in [-0.05, 0) is 32.9 Å². The van der Waals surface area contributed by atoms with E-state index in [-0.39, 0.29) is 0 Å². The van der Waals surface area contributed by atoms with Crippen molar-refractivity contribution in [2.75, 3.05) is 0 Å². The molecule has 0 aliphatic heterocycles. The van der Waals surface area contributed by atoms with Crippen LogP contribution in [0.4, 0.5) is 0 Å². The predicted octanol–water partition coefficient (Wildman–Crippen LogP) is 1.98. The van der Waals surface area contributed by atoms with Crippen LogP contribution in [0.5, 0.6) is 0 Å². The molecule has 1 rings (SSSR count). The van der Waals surface area contributed by atoms with E-state index in [9.17, 15) is 0 Å². The summed E-state index contributed by atoms with van der Waals surface area (Å²) in [5.41, 5.74) is -0.499. The van der Waals surface area contributed by atoms with E-state index in [1.807, 2.05) is 32.9 Å². The lowest BCUT2D eigenvalue weighted by atomic mass is 10.1. The highest BCUT2D eigenvalue weighted by molar-refractivity contribution is 5.07. The summed E-state index contributed by atoms with van der Waals surface area (Å²) < 4.78 is 5.35. The van der Waals surface area contributed by atoms with Crippen molar-refractivity contribution in [2.24, 2.45) is 0 Å². The Hall–Kier alpha value is -1.27. The fraction of sp³-hybridized carbons (Fsp3) is 0.500. The second kappa shape index (κ2) is 3.63. The molecule has 0 fully saturated rings. The summed E-state index contributed by atoms with van der Waals surface area (Å²) >= 11 is 0. The molecule has 1 heterocycles. The first-order valence-corrected chi connectivity index (χ1v) is 4.25. The third kappa shape index (κ3) is 2.92. The molecule has 3 heteroatoms. The zero-order valence-electron chi connectivity index (χ0n) is 8.22. The number of nitriles is 1. The molecule has 0 aromatic carbocycles. The summed E-state index contributed by atoms with van der Waals surface area (Å²) in [6.07, 6.45) is 0. The number of hydrogen-bond donors (Lipinski definition) is 1. The lowest BCUT2D eigenvalue weighted by Crippen LogP contribution is -2.36. The minimum atomic E-state index is -0.499. The molecule has 70 valence electrons. The van der Waals surface area contributed by atoms with Crippen molar-refractivity contribution in [2.45, 2.75) is 32.9 Å². The molecule has 0 saturated carbocycles. The van der Waals surface area contributed by atoms with Crippen LogP contribution in [0, 0.1) is 18.3 Å². The highest BCUT2D eigenvalue weighted by Gasteiger charge is 2.15. The Balaban J connectivity index is 2.49. The number of nitrogens with one attached hydrogen (secondary N) is 1. The maximum Gasteiger partial charge on any atom is 0.117 e. The molecule has 0 saturated heterocycles. The van der Waals surface area contributed by atoms with E-state index in [2.05, 4.69) is 11.4 Å². The predicted molar refractivity (Wildman–Crippen MR) is 50.0 cm³/mol. The second-order valence-electron chi connectivity index (χ2n) is 3.60. The minimum Gasteiger partial charge on any atom is -0.465 e. The monoisotopic (exact) mass is 178 g/mol. The number of furan rings is 1. The summed E-state index contributed by atoms with van der Waals surface area (Å²) in [5, 5.41) is 11.8. The molecule has 0 aliphatic carbocycles. The van der Waals surface area contributed by atoms with E-state index < -0.39 is 5.54 Å². The van der Waals surface area contributed by atoms with E-state index in [0.717, 1.165) is 11.5 Å². The normalized spacial score (nSPS) is 11.2. The fourth-order valence-corrected chi connectivity index (χ4v) is 0.928. The van der Waals surface area contributed by atoms with E-state index in [1.165, 1.54) is 0 Å². The van der Waals surface area contributed by atoms with Crippen LogP contribution in [-0.4, -0.2) is 5.54 Å². The zero-order chi connectivity index (χ0) is 9.90. The Morgan fingerprint density at radius 1 is 1.54 bits per heavy atom. The highest BCUT2D eigenvalue weighted by atomic mass is 16.3. The van der Waals surface area contributed by atoms with Crippen molar-refractivity contribution >= 4 is 0 Å². The zero-order valence-corrected chi connectivity index (χ0v) is 8.22. The Bertz CT molecular complexity index is 320. The maximum absolute atomic E-state index is 8.73. The molecule has 1 aromatic rings. The van der Waals surface area contributed by atoms with Crippen molar-refractivity contribution in [3.63, 3.8) is 0 Å². The number of hydrogen-bond acceptors (Lipinski definition) is 3. The van der Waals surface area contributed by atoms with Gasteiger partial charge in [0.05, 0.1) is 12.6 Å². The van der Waals surface area contributed by atoms with Gasteiger partial charge in [-0.3, -0.25) is 5.32 Å². The third-order valence-electron chi connectivity index (χ3n) is 1.78. The molecule has 13 heavy (non-hydrogen) atoms. The maximum atomic E-state index is 8.73. The average Bonchev–Trinajstić information content (AvgIpc) is 2.48. The van der Waals surface area contributed by atoms with Crippen molar-refractivity contribution < 1.29 is 4.42 Å². The quantitative estimate of drug-likeness (QED) is 0.769. The molecule has 0 radical (unpaired) electrons. The van der Waals surface area contributed by atoms with Crippen molar-refractivity contribution in [3.05, 3.63) is 23.7 Å². The lowest BCUT2D eigenvalue weighted by molar-refractivity contribution is 0.415. The van der Waals surface area contributed by atoms with Gasteiger partial charge in [0.25, 0.3) is 0 Å². The van der Waals surface area contributed by atoms with Gasteiger partial charge >= 0.3 is 0 Å². The number of nitrogens with zero attached hydrogens (tertiary/aromatic N) is 1. The minimum absolute atomic E-state index is 0.499. The summed E-state index contributed by atoms with van der Waals surface area (Å²) in [5.74, 6) is 1.76. The molecule has 0 amide bonds. The fourth-order valence-electron chi connectivity index (χ4n) is 0.928. The van der Waals surface area contributed by atoms with E-state index in [0.29, 0.717) is 6.54 Å². The average molecular weight is 178 g/mol. The van der Waals surface area contributed by atoms with Gasteiger partial charge in [0.15, 0.2) is 0 Å². The first kappa shape index (κ1) is 9.82. The number of rotatable bonds is 3. The Morgan fingerprint density at radius 3 is 2.69 bits per heavy atom. The summed E-state index contributed by atoms with van der Waals surface area (Å²) in [6, 6.07) is 5.99. The SMILES string of the molecule is Cc1ccc(CNC(C)(C)C#N)o1. The molecular weight excluding hydrogens is 164 g/mol. The highest BCUT2D eigenvalue weighted by Crippen LogP contribution is 2.08. The van der Waals surface area contributed by atoms with Gasteiger partial charge < -0.3 is 4.42 Å². The smallest absolute Gasteiger partial charge is 0.117 e. The summed E-state index contributed by atoms with van der Waals surface area (Å²) in [7, 11) is 0. The standard InChI is InChI=1S/C10H14N2O/c1-8-4-5-9(13-8)6-12-10(2,3)7-11/h4-5,12H,6H2,1-3H3. The van der Waals surface area contributed by atoms with E-state index in [1.54, 1.807) is 0 Å². The van der Waals surface area contributed by atoms with Gasteiger partial charge in [-0.15, -0.1) is 0 Å². The van der Waals surface area contributed by atoms with Gasteiger partial charge in [0, 0.05) is 0 Å². The van der Waals surface area contributed by atoms with Crippen LogP contribution in [0.1, 0.15) is 25.4 Å². The molecule has 0 bridgehead atoms. The van der Waals surface area contributed by atoms with Gasteiger partial charge in [-0.2, -0.15) is 5.26 Å². The largest absolute Gasteiger partial charge is 0.465 e. The third-order valence-corrected chi connectivity index (χ3v) is 1.78. The number of aryl methyl sites for hydroxylation is 1. The van der Waals surface area contributed by atoms with Crippen LogP contribution < -0.4 is 5.32 Å². The molecule has 1 aromatic heterocycles. The van der Waals surface area contributed by atoms with Crippen molar-refractivity contribution in [3.8, 4) is 6.07 Å². The van der Waals surface area contributed by atoms with Gasteiger partial charge in [0.1, 0.15) is 17.1 Å². The van der Waals surface area contributed by atoms with E-state index >= 15 is 0 Å². The van der Waals surface area contributed by atoms with Crippen LogP contribution in [0.15, 0.2) is 16.5 Å². The van der Waals surface area contributed by atoms with Crippen LogP contribution in [0.25, 0.3) is 0 Å². The molecule has 0 aliphatic rings. The summed E-state index contributed by atoms with van der Waals surface area (Å²) in [6.45, 7) is 6.17. The Kier molecular flexibility index (Phi) is 2.74. The Morgan fingerprint density at radius 2 is 2.23 bits per heavy atom. The van der Waals surface area contributed by atoms with Crippen molar-refractivity contribution in [1.82, 2.24) is 5.32 Å². The van der Waals surface area contributed by atoms with Gasteiger partial charge in [0.2, 0.25) is 0 Å². The van der Waals surface area contributed by atoms with Crippen LogP contribution in [-0.2, 0) is 6.54 Å². The first-order chi connectivity index (χ1) is 6.03. The van der Waals surface area contributed by atoms with Crippen molar-refractivity contribution in [1.29, 1.82) is 5.26 Å².